The summed E-state index contributed by atoms with van der Waals surface area (Å²) in [5.41, 5.74) is 1.90. The fourth-order valence-corrected chi connectivity index (χ4v) is 4.02. The molecule has 1 saturated heterocycles. The third kappa shape index (κ3) is 3.09. The van der Waals surface area contributed by atoms with Crippen LogP contribution < -0.4 is 0 Å². The molecule has 1 aromatic heterocycles. The van der Waals surface area contributed by atoms with Crippen LogP contribution in [0.15, 0.2) is 46.9 Å². The number of hydrogen-bond donors (Lipinski definition) is 0. The monoisotopic (exact) mass is 402 g/mol. The van der Waals surface area contributed by atoms with Gasteiger partial charge >= 0.3 is 5.97 Å². The van der Waals surface area contributed by atoms with Crippen molar-refractivity contribution in [1.29, 1.82) is 0 Å². The van der Waals surface area contributed by atoms with Crippen LogP contribution in [0, 0.1) is 5.82 Å². The first kappa shape index (κ1) is 18.7. The van der Waals surface area contributed by atoms with E-state index >= 15 is 0 Å². The number of esters is 1. The summed E-state index contributed by atoms with van der Waals surface area (Å²) in [4.78, 5) is 24.2. The minimum absolute atomic E-state index is 0.224. The molecular formula is C20H20ClFN4O2. The molecule has 3 heterocycles. The zero-order chi connectivity index (χ0) is 19.8. The van der Waals surface area contributed by atoms with Gasteiger partial charge in [-0.25, -0.2) is 14.2 Å². The average Bonchev–Trinajstić information content (AvgIpc) is 3.30. The number of carbonyl (C=O) groups is 1. The number of nitrogens with zero attached hydrogens (tertiary/aromatic N) is 4. The molecule has 0 bridgehead atoms. The van der Waals surface area contributed by atoms with Gasteiger partial charge in [-0.05, 0) is 31.9 Å². The molecule has 0 radical (unpaired) electrons. The molecule has 4 rings (SSSR count). The van der Waals surface area contributed by atoms with Crippen LogP contribution in [0.5, 0.6) is 0 Å². The maximum atomic E-state index is 13.6. The molecule has 2 aliphatic rings. The zero-order valence-corrected chi connectivity index (χ0v) is 16.4. The molecule has 6 nitrogen and oxygen atoms in total. The highest BCUT2D eigenvalue weighted by atomic mass is 35.5. The molecule has 28 heavy (non-hydrogen) atoms. The molecule has 2 aromatic rings. The molecule has 0 N–H and O–H groups in total. The van der Waals surface area contributed by atoms with E-state index in [0.717, 1.165) is 25.1 Å². The Labute approximate surface area is 167 Å². The molecule has 2 aliphatic heterocycles. The Bertz CT molecular complexity index is 998. The lowest BCUT2D eigenvalue weighted by Gasteiger charge is -2.32. The maximum Gasteiger partial charge on any atom is 0.338 e. The third-order valence-corrected chi connectivity index (χ3v) is 5.31. The van der Waals surface area contributed by atoms with Crippen molar-refractivity contribution in [3.63, 3.8) is 0 Å². The Morgan fingerprint density at radius 3 is 2.93 bits per heavy atom. The van der Waals surface area contributed by atoms with Crippen LogP contribution in [-0.2, 0) is 16.6 Å². The Morgan fingerprint density at radius 1 is 1.43 bits per heavy atom. The number of halogens is 2. The van der Waals surface area contributed by atoms with Crippen LogP contribution >= 0.6 is 11.6 Å². The Balaban J connectivity index is 1.91. The van der Waals surface area contributed by atoms with E-state index in [1.54, 1.807) is 19.2 Å². The van der Waals surface area contributed by atoms with Crippen LogP contribution in [-0.4, -0.2) is 39.4 Å². The molecule has 0 spiro atoms. The lowest BCUT2D eigenvalue weighted by molar-refractivity contribution is -0.139. The number of rotatable bonds is 4. The van der Waals surface area contributed by atoms with Gasteiger partial charge in [0.2, 0.25) is 0 Å². The Morgan fingerprint density at radius 2 is 2.25 bits per heavy atom. The van der Waals surface area contributed by atoms with E-state index in [9.17, 15) is 9.18 Å². The number of hydrogen-bond acceptors (Lipinski definition) is 5. The molecule has 1 aromatic carbocycles. The van der Waals surface area contributed by atoms with Gasteiger partial charge < -0.3 is 14.2 Å². The number of aromatic nitrogens is 2. The van der Waals surface area contributed by atoms with Gasteiger partial charge in [0.05, 0.1) is 12.2 Å². The summed E-state index contributed by atoms with van der Waals surface area (Å²) in [5, 5.41) is 0.224. The Kier molecular flexibility index (Phi) is 4.93. The number of benzene rings is 1. The van der Waals surface area contributed by atoms with Crippen molar-refractivity contribution in [2.45, 2.75) is 25.8 Å². The van der Waals surface area contributed by atoms with E-state index in [4.69, 9.17) is 21.3 Å². The second-order valence-electron chi connectivity index (χ2n) is 6.72. The number of carbonyl (C=O) groups excluding carboxylic acids is 1. The average molecular weight is 403 g/mol. The quantitative estimate of drug-likeness (QED) is 0.733. The van der Waals surface area contributed by atoms with E-state index in [1.165, 1.54) is 12.1 Å². The normalized spacial score (nSPS) is 18.9. The van der Waals surface area contributed by atoms with Crippen LogP contribution in [0.4, 0.5) is 4.39 Å². The van der Waals surface area contributed by atoms with Crippen molar-refractivity contribution in [3.8, 4) is 0 Å². The second kappa shape index (κ2) is 7.39. The third-order valence-electron chi connectivity index (χ3n) is 4.99. The van der Waals surface area contributed by atoms with E-state index in [1.807, 2.05) is 22.7 Å². The first-order valence-electron chi connectivity index (χ1n) is 9.19. The maximum absolute atomic E-state index is 13.6. The number of fused-ring (bicyclic) bond motifs is 1. The van der Waals surface area contributed by atoms with Crippen LogP contribution in [0.2, 0.25) is 5.02 Å². The van der Waals surface area contributed by atoms with Gasteiger partial charge in [-0.2, -0.15) is 0 Å². The van der Waals surface area contributed by atoms with Crippen LogP contribution in [0.3, 0.4) is 0 Å². The van der Waals surface area contributed by atoms with Gasteiger partial charge in [0.25, 0.3) is 0 Å². The number of amidine groups is 1. The molecule has 8 heteroatoms. The zero-order valence-electron chi connectivity index (χ0n) is 15.7. The van der Waals surface area contributed by atoms with Crippen LogP contribution in [0.1, 0.15) is 37.2 Å². The lowest BCUT2D eigenvalue weighted by atomic mass is 9.94. The number of aliphatic imine (C=N–C) groups is 1. The standard InChI is InChI=1S/C20H20ClFN4O2/c1-3-28-20(27)16-15-5-4-9-26(15)19(18-23-8-10-25(18)2)24-17(16)13-7-6-12(22)11-14(13)21/h6-8,10-11,17H,3-5,9H2,1-2H3. The molecule has 0 amide bonds. The molecule has 0 aliphatic carbocycles. The summed E-state index contributed by atoms with van der Waals surface area (Å²) in [5.74, 6) is 0.520. The van der Waals surface area contributed by atoms with E-state index in [2.05, 4.69) is 4.98 Å². The number of imidazole rings is 1. The minimum Gasteiger partial charge on any atom is -0.463 e. The van der Waals surface area contributed by atoms with Gasteiger partial charge in [0, 0.05) is 42.3 Å². The molecular weight excluding hydrogens is 383 g/mol. The fourth-order valence-electron chi connectivity index (χ4n) is 3.75. The summed E-state index contributed by atoms with van der Waals surface area (Å²) in [6.07, 6.45) is 5.18. The predicted octanol–water partition coefficient (Wildman–Crippen LogP) is 3.63. The highest BCUT2D eigenvalue weighted by Gasteiger charge is 2.39. The number of aryl methyl sites for hydroxylation is 1. The number of ether oxygens (including phenoxy) is 1. The smallest absolute Gasteiger partial charge is 0.338 e. The lowest BCUT2D eigenvalue weighted by Crippen LogP contribution is -2.36. The van der Waals surface area contributed by atoms with Crippen molar-refractivity contribution in [1.82, 2.24) is 14.5 Å². The topological polar surface area (TPSA) is 59.7 Å². The number of allylic oxidation sites excluding steroid dienone is 1. The minimum atomic E-state index is -0.678. The fraction of sp³-hybridized carbons (Fsp3) is 0.350. The molecule has 0 saturated carbocycles. The Hall–Kier alpha value is -2.67. The van der Waals surface area contributed by atoms with Crippen molar-refractivity contribution in [2.24, 2.45) is 12.0 Å². The van der Waals surface area contributed by atoms with Crippen LogP contribution in [0.25, 0.3) is 0 Å². The summed E-state index contributed by atoms with van der Waals surface area (Å²) in [6.45, 7) is 2.77. The summed E-state index contributed by atoms with van der Waals surface area (Å²) >= 11 is 6.34. The van der Waals surface area contributed by atoms with Gasteiger partial charge in [-0.3, -0.25) is 4.99 Å². The summed E-state index contributed by atoms with van der Waals surface area (Å²) < 4.78 is 20.8. The van der Waals surface area contributed by atoms with Crippen molar-refractivity contribution in [2.75, 3.05) is 13.2 Å². The molecule has 146 valence electrons. The van der Waals surface area contributed by atoms with E-state index in [0.29, 0.717) is 22.8 Å². The molecule has 1 atom stereocenters. The summed E-state index contributed by atoms with van der Waals surface area (Å²) in [6, 6.07) is 3.46. The molecule has 1 unspecified atom stereocenters. The van der Waals surface area contributed by atoms with Crippen molar-refractivity contribution < 1.29 is 13.9 Å². The largest absolute Gasteiger partial charge is 0.463 e. The summed E-state index contributed by atoms with van der Waals surface area (Å²) in [7, 11) is 1.89. The highest BCUT2D eigenvalue weighted by molar-refractivity contribution is 6.31. The SMILES string of the molecule is CCOC(=O)C1=C2CCCN2C(c2nccn2C)=NC1c1ccc(F)cc1Cl. The van der Waals surface area contributed by atoms with E-state index in [-0.39, 0.29) is 11.6 Å². The first-order valence-corrected chi connectivity index (χ1v) is 9.57. The van der Waals surface area contributed by atoms with Gasteiger partial charge in [0.1, 0.15) is 11.9 Å². The van der Waals surface area contributed by atoms with Crippen molar-refractivity contribution in [3.05, 3.63) is 64.1 Å². The van der Waals surface area contributed by atoms with Gasteiger partial charge in [0.15, 0.2) is 11.7 Å². The predicted molar refractivity (Wildman–Crippen MR) is 103 cm³/mol. The second-order valence-corrected chi connectivity index (χ2v) is 7.13. The van der Waals surface area contributed by atoms with Crippen molar-refractivity contribution >= 4 is 23.4 Å². The highest BCUT2D eigenvalue weighted by Crippen LogP contribution is 2.42. The van der Waals surface area contributed by atoms with Gasteiger partial charge in [-0.15, -0.1) is 0 Å². The van der Waals surface area contributed by atoms with E-state index < -0.39 is 17.8 Å². The van der Waals surface area contributed by atoms with Gasteiger partial charge in [-0.1, -0.05) is 17.7 Å². The molecule has 1 fully saturated rings. The first-order chi connectivity index (χ1) is 13.5.